The maximum atomic E-state index is 13.9. The topological polar surface area (TPSA) is 94.1 Å². The molecular weight excluding hydrogens is 252 g/mol. The number of carbonyl (C=O) groups is 1. The molecular formula is C9H13F2N3O4. The number of alkyl halides is 2. The molecule has 0 spiro atoms. The summed E-state index contributed by atoms with van der Waals surface area (Å²) in [5, 5.41) is 19.7. The van der Waals surface area contributed by atoms with E-state index in [1.54, 1.807) is 0 Å². The van der Waals surface area contributed by atoms with Crippen molar-refractivity contribution < 1.29 is 28.5 Å². The van der Waals surface area contributed by atoms with Crippen LogP contribution in [0.4, 0.5) is 8.78 Å². The first-order valence-corrected chi connectivity index (χ1v) is 5.23. The summed E-state index contributed by atoms with van der Waals surface area (Å²) in [7, 11) is 0. The van der Waals surface area contributed by atoms with Gasteiger partial charge in [-0.25, -0.2) is 8.78 Å². The minimum Gasteiger partial charge on any atom is -0.393 e. The Kier molecular flexibility index (Phi) is 3.48. The van der Waals surface area contributed by atoms with Crippen LogP contribution in [-0.2, 0) is 9.53 Å². The largest absolute Gasteiger partial charge is 0.393 e. The average Bonchev–Trinajstić information content (AvgIpc) is 2.65. The van der Waals surface area contributed by atoms with E-state index in [9.17, 15) is 18.7 Å². The third kappa shape index (κ3) is 1.94. The minimum absolute atomic E-state index is 0.445. The van der Waals surface area contributed by atoms with Gasteiger partial charge in [0.15, 0.2) is 18.0 Å². The Balaban J connectivity index is 2.16. The van der Waals surface area contributed by atoms with Crippen LogP contribution in [0.5, 0.6) is 0 Å². The number of halogens is 2. The van der Waals surface area contributed by atoms with E-state index >= 15 is 0 Å². The molecule has 4 N–H and O–H groups in total. The maximum Gasteiger partial charge on any atom is 0.261 e. The van der Waals surface area contributed by atoms with Crippen LogP contribution in [0.25, 0.3) is 0 Å². The van der Waals surface area contributed by atoms with E-state index in [2.05, 4.69) is 11.0 Å². The van der Waals surface area contributed by atoms with Gasteiger partial charge in [-0.2, -0.15) is 0 Å². The number of nitrogens with zero attached hydrogens (tertiary/aromatic N) is 1. The van der Waals surface area contributed by atoms with Crippen molar-refractivity contribution in [2.75, 3.05) is 13.3 Å². The molecule has 0 aliphatic carbocycles. The van der Waals surface area contributed by atoms with E-state index in [4.69, 9.17) is 9.84 Å². The van der Waals surface area contributed by atoms with Crippen LogP contribution in [0, 0.1) is 0 Å². The Labute approximate surface area is 101 Å². The van der Waals surface area contributed by atoms with Crippen LogP contribution in [-0.4, -0.2) is 58.5 Å². The predicted molar refractivity (Wildman–Crippen MR) is 53.8 cm³/mol. The Morgan fingerprint density at radius 3 is 2.78 bits per heavy atom. The maximum absolute atomic E-state index is 13.9. The molecule has 0 bridgehead atoms. The lowest BCUT2D eigenvalue weighted by Gasteiger charge is -2.31. The SMILES string of the molecule is O=C1C=CN([C@@H]2O[C@@](CO)(CF)[C@@H](O)[C@H]2F)NN1. The van der Waals surface area contributed by atoms with Crippen molar-refractivity contribution in [2.24, 2.45) is 0 Å². The molecule has 0 saturated carbocycles. The number of hydrogen-bond donors (Lipinski definition) is 4. The van der Waals surface area contributed by atoms with Gasteiger partial charge in [0.2, 0.25) is 0 Å². The zero-order valence-electron chi connectivity index (χ0n) is 9.22. The summed E-state index contributed by atoms with van der Waals surface area (Å²) in [5.41, 5.74) is 2.50. The van der Waals surface area contributed by atoms with Gasteiger partial charge in [-0.15, -0.1) is 5.53 Å². The highest BCUT2D eigenvalue weighted by Gasteiger charge is 2.57. The number of amides is 1. The van der Waals surface area contributed by atoms with Crippen molar-refractivity contribution in [3.63, 3.8) is 0 Å². The van der Waals surface area contributed by atoms with Crippen LogP contribution in [0.15, 0.2) is 12.3 Å². The zero-order valence-corrected chi connectivity index (χ0v) is 9.22. The summed E-state index contributed by atoms with van der Waals surface area (Å²) >= 11 is 0. The molecule has 9 heteroatoms. The van der Waals surface area contributed by atoms with Crippen molar-refractivity contribution in [3.8, 4) is 0 Å². The molecule has 4 atom stereocenters. The number of hydrazine groups is 2. The molecule has 0 unspecified atom stereocenters. The molecule has 102 valence electrons. The fourth-order valence-electron chi connectivity index (χ4n) is 1.81. The molecule has 0 aromatic carbocycles. The van der Waals surface area contributed by atoms with E-state index in [0.29, 0.717) is 0 Å². The molecule has 1 amide bonds. The highest BCUT2D eigenvalue weighted by molar-refractivity contribution is 5.87. The predicted octanol–water partition coefficient (Wildman–Crippen LogP) is -1.89. The molecule has 0 aromatic rings. The van der Waals surface area contributed by atoms with Gasteiger partial charge >= 0.3 is 0 Å². The Hall–Kier alpha value is -1.29. The second kappa shape index (κ2) is 4.76. The van der Waals surface area contributed by atoms with Gasteiger partial charge in [0, 0.05) is 12.3 Å². The van der Waals surface area contributed by atoms with Crippen molar-refractivity contribution >= 4 is 5.91 Å². The van der Waals surface area contributed by atoms with Crippen molar-refractivity contribution in [1.82, 2.24) is 16.0 Å². The fourth-order valence-corrected chi connectivity index (χ4v) is 1.81. The second-order valence-electron chi connectivity index (χ2n) is 4.08. The Bertz CT molecular complexity index is 364. The molecule has 2 heterocycles. The number of hydrogen-bond acceptors (Lipinski definition) is 6. The summed E-state index contributed by atoms with van der Waals surface area (Å²) in [6.07, 6.45) is -2.81. The molecule has 18 heavy (non-hydrogen) atoms. The van der Waals surface area contributed by atoms with Crippen molar-refractivity contribution in [3.05, 3.63) is 12.3 Å². The lowest BCUT2D eigenvalue weighted by atomic mass is 9.98. The summed E-state index contributed by atoms with van der Waals surface area (Å²) in [4.78, 5) is 10.8. The quantitative estimate of drug-likeness (QED) is 0.476. The van der Waals surface area contributed by atoms with Gasteiger partial charge < -0.3 is 14.9 Å². The first kappa shape index (κ1) is 13.1. The number of ether oxygens (including phenoxy) is 1. The summed E-state index contributed by atoms with van der Waals surface area (Å²) in [5.74, 6) is -0.445. The molecule has 1 fully saturated rings. The van der Waals surface area contributed by atoms with Gasteiger partial charge in [-0.1, -0.05) is 0 Å². The van der Waals surface area contributed by atoms with Gasteiger partial charge in [0.1, 0.15) is 12.8 Å². The monoisotopic (exact) mass is 265 g/mol. The highest BCUT2D eigenvalue weighted by atomic mass is 19.1. The van der Waals surface area contributed by atoms with E-state index in [1.807, 2.05) is 0 Å². The van der Waals surface area contributed by atoms with Gasteiger partial charge in [-0.3, -0.25) is 15.2 Å². The first-order valence-electron chi connectivity index (χ1n) is 5.23. The second-order valence-corrected chi connectivity index (χ2v) is 4.08. The number of carbonyl (C=O) groups excluding carboxylic acids is 1. The molecule has 7 nitrogen and oxygen atoms in total. The summed E-state index contributed by atoms with van der Waals surface area (Å²) in [6, 6.07) is 0. The fraction of sp³-hybridized carbons (Fsp3) is 0.667. The normalized spacial score (nSPS) is 40.1. The smallest absolute Gasteiger partial charge is 0.261 e. The van der Waals surface area contributed by atoms with Crippen LogP contribution >= 0.6 is 0 Å². The highest BCUT2D eigenvalue weighted by Crippen LogP contribution is 2.34. The standard InChI is InChI=1S/C9H13F2N3O4/c10-3-9(4-15)7(17)6(11)8(18-9)14-2-1-5(16)12-13-14/h1-2,6-8,13,15,17H,3-4H2,(H,12,16)/t6-,7+,8-,9-/m1/s1. The van der Waals surface area contributed by atoms with Crippen molar-refractivity contribution in [2.45, 2.75) is 24.1 Å². The van der Waals surface area contributed by atoms with Crippen LogP contribution in [0.3, 0.4) is 0 Å². The van der Waals surface area contributed by atoms with Crippen molar-refractivity contribution in [1.29, 1.82) is 0 Å². The van der Waals surface area contributed by atoms with Gasteiger partial charge in [0.05, 0.1) is 6.61 Å². The number of aliphatic hydroxyl groups excluding tert-OH is 2. The first-order chi connectivity index (χ1) is 8.54. The zero-order chi connectivity index (χ0) is 13.3. The molecule has 2 rings (SSSR count). The van der Waals surface area contributed by atoms with Gasteiger partial charge in [0.25, 0.3) is 5.91 Å². The number of nitrogens with one attached hydrogen (secondary N) is 2. The Morgan fingerprint density at radius 2 is 2.33 bits per heavy atom. The lowest BCUT2D eigenvalue weighted by molar-refractivity contribution is -0.160. The number of rotatable bonds is 3. The van der Waals surface area contributed by atoms with Gasteiger partial charge in [-0.05, 0) is 0 Å². The lowest BCUT2D eigenvalue weighted by Crippen LogP contribution is -2.56. The molecule has 0 aromatic heterocycles. The summed E-state index contributed by atoms with van der Waals surface area (Å²) in [6.45, 7) is -2.09. The average molecular weight is 265 g/mol. The third-order valence-corrected chi connectivity index (χ3v) is 2.93. The van der Waals surface area contributed by atoms with Crippen LogP contribution < -0.4 is 11.0 Å². The molecule has 0 radical (unpaired) electrons. The van der Waals surface area contributed by atoms with E-state index < -0.39 is 43.3 Å². The third-order valence-electron chi connectivity index (χ3n) is 2.93. The summed E-state index contributed by atoms with van der Waals surface area (Å²) < 4.78 is 31.8. The van der Waals surface area contributed by atoms with E-state index in [-0.39, 0.29) is 0 Å². The Morgan fingerprint density at radius 1 is 1.61 bits per heavy atom. The van der Waals surface area contributed by atoms with Crippen LogP contribution in [0.2, 0.25) is 0 Å². The molecule has 1 saturated heterocycles. The van der Waals surface area contributed by atoms with E-state index in [0.717, 1.165) is 11.1 Å². The number of aliphatic hydroxyl groups is 2. The van der Waals surface area contributed by atoms with E-state index in [1.165, 1.54) is 6.20 Å². The van der Waals surface area contributed by atoms with Crippen LogP contribution in [0.1, 0.15) is 0 Å². The molecule has 2 aliphatic heterocycles. The minimum atomic E-state index is -1.99. The molecule has 2 aliphatic rings.